The van der Waals surface area contributed by atoms with Crippen molar-refractivity contribution in [1.29, 1.82) is 0 Å². The second-order valence-corrected chi connectivity index (χ2v) is 5.05. The van der Waals surface area contributed by atoms with Gasteiger partial charge in [-0.05, 0) is 23.3 Å². The van der Waals surface area contributed by atoms with Gasteiger partial charge in [-0.25, -0.2) is 0 Å². The minimum absolute atomic E-state index is 0.000528. The number of quaternary nitrogens is 1. The number of nitrogens with zero attached hydrogens (tertiary/aromatic N) is 1. The molecule has 2 atom stereocenters. The van der Waals surface area contributed by atoms with Gasteiger partial charge in [0.25, 0.3) is 5.69 Å². The molecule has 2 aromatic rings. The summed E-state index contributed by atoms with van der Waals surface area (Å²) in [5.74, 6) is 0. The maximum absolute atomic E-state index is 10.6. The van der Waals surface area contributed by atoms with Crippen molar-refractivity contribution in [2.45, 2.75) is 12.2 Å². The largest absolute Gasteiger partial charge is 0.382 e. The molecule has 2 aromatic carbocycles. The molecule has 22 heavy (non-hydrogen) atoms. The Morgan fingerprint density at radius 2 is 1.41 bits per heavy atom. The number of rotatable bonds is 7. The smallest absolute Gasteiger partial charge is 0.269 e. The zero-order chi connectivity index (χ0) is 15.9. The fourth-order valence-corrected chi connectivity index (χ4v) is 2.18. The molecule has 0 aliphatic carbocycles. The number of hydrogen-bond acceptors (Lipinski definition) is 4. The third-order valence-electron chi connectivity index (χ3n) is 3.45. The summed E-state index contributed by atoms with van der Waals surface area (Å²) in [6.45, 7) is 0.815. The lowest BCUT2D eigenvalue weighted by molar-refractivity contribution is -0.668. The normalized spacial score (nSPS) is 13.5. The van der Waals surface area contributed by atoms with Crippen molar-refractivity contribution in [3.05, 3.63) is 75.8 Å². The SMILES string of the molecule is O=[N+]([O-])c1ccc([C@@H](O)C[NH2+]C[C@@H](O)c2ccccc2)cc1. The van der Waals surface area contributed by atoms with Gasteiger partial charge in [0.2, 0.25) is 0 Å². The fraction of sp³-hybridized carbons (Fsp3) is 0.250. The number of hydrogen-bond donors (Lipinski definition) is 3. The number of nitro groups is 1. The topological polar surface area (TPSA) is 100 Å². The van der Waals surface area contributed by atoms with Gasteiger partial charge in [0, 0.05) is 12.1 Å². The Balaban J connectivity index is 1.82. The molecule has 0 radical (unpaired) electrons. The number of benzene rings is 2. The summed E-state index contributed by atoms with van der Waals surface area (Å²) in [7, 11) is 0. The molecule has 0 saturated carbocycles. The van der Waals surface area contributed by atoms with Crippen LogP contribution < -0.4 is 5.32 Å². The minimum Gasteiger partial charge on any atom is -0.382 e. The average Bonchev–Trinajstić information content (AvgIpc) is 2.55. The third-order valence-corrected chi connectivity index (χ3v) is 3.45. The van der Waals surface area contributed by atoms with E-state index in [0.29, 0.717) is 18.7 Å². The van der Waals surface area contributed by atoms with Crippen molar-refractivity contribution in [1.82, 2.24) is 0 Å². The van der Waals surface area contributed by atoms with Gasteiger partial charge in [0.15, 0.2) is 0 Å². The van der Waals surface area contributed by atoms with E-state index >= 15 is 0 Å². The van der Waals surface area contributed by atoms with Crippen LogP contribution in [-0.4, -0.2) is 28.2 Å². The molecule has 4 N–H and O–H groups in total. The summed E-state index contributed by atoms with van der Waals surface area (Å²) in [4.78, 5) is 10.1. The van der Waals surface area contributed by atoms with E-state index in [9.17, 15) is 20.3 Å². The molecule has 2 rings (SSSR count). The first-order chi connectivity index (χ1) is 10.6. The highest BCUT2D eigenvalue weighted by atomic mass is 16.6. The maximum Gasteiger partial charge on any atom is 0.269 e. The molecule has 0 bridgehead atoms. The highest BCUT2D eigenvalue weighted by Crippen LogP contribution is 2.16. The van der Waals surface area contributed by atoms with Crippen molar-refractivity contribution in [3.63, 3.8) is 0 Å². The van der Waals surface area contributed by atoms with Gasteiger partial charge in [0.1, 0.15) is 25.3 Å². The highest BCUT2D eigenvalue weighted by Gasteiger charge is 2.14. The summed E-state index contributed by atoms with van der Waals surface area (Å²) in [6.07, 6.45) is -1.32. The Labute approximate surface area is 128 Å². The number of non-ortho nitro benzene ring substituents is 1. The van der Waals surface area contributed by atoms with Crippen LogP contribution in [0.1, 0.15) is 23.3 Å². The van der Waals surface area contributed by atoms with Crippen LogP contribution in [0, 0.1) is 10.1 Å². The van der Waals surface area contributed by atoms with E-state index in [4.69, 9.17) is 0 Å². The van der Waals surface area contributed by atoms with Crippen LogP contribution in [0.15, 0.2) is 54.6 Å². The van der Waals surface area contributed by atoms with Crippen molar-refractivity contribution >= 4 is 5.69 Å². The van der Waals surface area contributed by atoms with Crippen LogP contribution >= 0.6 is 0 Å². The van der Waals surface area contributed by atoms with Gasteiger partial charge in [-0.15, -0.1) is 0 Å². The van der Waals surface area contributed by atoms with Crippen LogP contribution in [-0.2, 0) is 0 Å². The standard InChI is InChI=1S/C16H18N2O4/c19-15(12-4-2-1-3-5-12)10-17-11-16(20)13-6-8-14(9-7-13)18(21)22/h1-9,15-17,19-20H,10-11H2/p+1/t15-,16+/m1/s1. The van der Waals surface area contributed by atoms with Gasteiger partial charge in [-0.1, -0.05) is 30.3 Å². The van der Waals surface area contributed by atoms with Crippen molar-refractivity contribution in [2.24, 2.45) is 0 Å². The second kappa shape index (κ2) is 7.65. The van der Waals surface area contributed by atoms with E-state index in [1.165, 1.54) is 12.1 Å². The van der Waals surface area contributed by atoms with Gasteiger partial charge in [-0.2, -0.15) is 0 Å². The maximum atomic E-state index is 10.6. The first-order valence-corrected chi connectivity index (χ1v) is 7.05. The third kappa shape index (κ3) is 4.36. The van der Waals surface area contributed by atoms with Crippen LogP contribution in [0.3, 0.4) is 0 Å². The van der Waals surface area contributed by atoms with E-state index in [-0.39, 0.29) is 5.69 Å². The van der Waals surface area contributed by atoms with Gasteiger partial charge in [-0.3, -0.25) is 10.1 Å². The Morgan fingerprint density at radius 3 is 1.91 bits per heavy atom. The molecule has 0 spiro atoms. The molecule has 0 heterocycles. The predicted octanol–water partition coefficient (Wildman–Crippen LogP) is 0.925. The van der Waals surface area contributed by atoms with Gasteiger partial charge >= 0.3 is 0 Å². The Hall–Kier alpha value is -2.28. The predicted molar refractivity (Wildman–Crippen MR) is 81.1 cm³/mol. The monoisotopic (exact) mass is 303 g/mol. The molecule has 116 valence electrons. The molecule has 0 amide bonds. The molecule has 6 heteroatoms. The summed E-state index contributed by atoms with van der Waals surface area (Å²) in [6, 6.07) is 15.2. The summed E-state index contributed by atoms with van der Waals surface area (Å²) < 4.78 is 0. The summed E-state index contributed by atoms with van der Waals surface area (Å²) >= 11 is 0. The van der Waals surface area contributed by atoms with Crippen LogP contribution in [0.2, 0.25) is 0 Å². The van der Waals surface area contributed by atoms with Gasteiger partial charge in [0.05, 0.1) is 4.92 Å². The zero-order valence-corrected chi connectivity index (χ0v) is 12.0. The van der Waals surface area contributed by atoms with E-state index in [2.05, 4.69) is 0 Å². The van der Waals surface area contributed by atoms with Crippen LogP contribution in [0.4, 0.5) is 5.69 Å². The van der Waals surface area contributed by atoms with Crippen molar-refractivity contribution in [3.8, 4) is 0 Å². The molecule has 0 fully saturated rings. The molecular weight excluding hydrogens is 284 g/mol. The Bertz CT molecular complexity index is 601. The lowest BCUT2D eigenvalue weighted by Gasteiger charge is -2.13. The quantitative estimate of drug-likeness (QED) is 0.523. The molecule has 0 aromatic heterocycles. The average molecular weight is 303 g/mol. The molecule has 0 saturated heterocycles. The lowest BCUT2D eigenvalue weighted by atomic mass is 10.1. The van der Waals surface area contributed by atoms with Crippen molar-refractivity contribution < 1.29 is 20.5 Å². The number of nitro benzene ring substituents is 1. The summed E-state index contributed by atoms with van der Waals surface area (Å²) in [5, 5.41) is 32.5. The van der Waals surface area contributed by atoms with E-state index in [1.807, 2.05) is 35.6 Å². The van der Waals surface area contributed by atoms with E-state index in [0.717, 1.165) is 5.56 Å². The molecule has 0 aliphatic rings. The minimum atomic E-state index is -0.733. The number of aliphatic hydroxyl groups is 2. The number of aliphatic hydroxyl groups excluding tert-OH is 2. The molecule has 0 aliphatic heterocycles. The number of nitrogens with two attached hydrogens (primary N) is 1. The lowest BCUT2D eigenvalue weighted by Crippen LogP contribution is -2.86. The van der Waals surface area contributed by atoms with Crippen LogP contribution in [0.25, 0.3) is 0 Å². The van der Waals surface area contributed by atoms with E-state index < -0.39 is 17.1 Å². The molecular formula is C16H19N2O4+. The second-order valence-electron chi connectivity index (χ2n) is 5.05. The van der Waals surface area contributed by atoms with Crippen LogP contribution in [0.5, 0.6) is 0 Å². The van der Waals surface area contributed by atoms with Crippen molar-refractivity contribution in [2.75, 3.05) is 13.1 Å². The first-order valence-electron chi connectivity index (χ1n) is 7.05. The highest BCUT2D eigenvalue weighted by molar-refractivity contribution is 5.33. The molecule has 6 nitrogen and oxygen atoms in total. The summed E-state index contributed by atoms with van der Waals surface area (Å²) in [5.41, 5.74) is 1.46. The fourth-order valence-electron chi connectivity index (χ4n) is 2.18. The first kappa shape index (κ1) is 16.1. The zero-order valence-electron chi connectivity index (χ0n) is 12.0. The Morgan fingerprint density at radius 1 is 0.909 bits per heavy atom. The molecule has 0 unspecified atom stereocenters. The van der Waals surface area contributed by atoms with Gasteiger partial charge < -0.3 is 15.5 Å². The van der Waals surface area contributed by atoms with E-state index in [1.54, 1.807) is 12.1 Å². The Kier molecular flexibility index (Phi) is 5.60.